The zero-order valence-corrected chi connectivity index (χ0v) is 45.0. The third-order valence-electron chi connectivity index (χ3n) is 16.6. The summed E-state index contributed by atoms with van der Waals surface area (Å²) in [4.78, 5) is 31.7. The summed E-state index contributed by atoms with van der Waals surface area (Å²) < 4.78 is 0. The first kappa shape index (κ1) is 48.1. The zero-order valence-electron chi connectivity index (χ0n) is 45.0. The summed E-state index contributed by atoms with van der Waals surface area (Å²) in [5, 5.41) is 19.8. The van der Waals surface area contributed by atoms with E-state index in [1.54, 1.807) is 24.3 Å². The molecule has 0 bridgehead atoms. The van der Waals surface area contributed by atoms with Crippen LogP contribution in [-0.4, -0.2) is 35.6 Å². The van der Waals surface area contributed by atoms with Gasteiger partial charge in [-0.25, -0.2) is 9.59 Å². The Morgan fingerprint density at radius 3 is 1.26 bits per heavy atom. The minimum absolute atomic E-state index is 0.0260. The van der Waals surface area contributed by atoms with Gasteiger partial charge in [0.15, 0.2) is 0 Å². The van der Waals surface area contributed by atoms with Crippen LogP contribution in [0.1, 0.15) is 99.7 Å². The molecule has 0 fully saturated rings. The van der Waals surface area contributed by atoms with Crippen LogP contribution in [0, 0.1) is 0 Å². The monoisotopic (exact) mass is 1000 g/mol. The predicted octanol–water partition coefficient (Wildman–Crippen LogP) is 13.0. The molecule has 4 aliphatic rings. The van der Waals surface area contributed by atoms with E-state index in [4.69, 9.17) is 0 Å². The molecule has 0 aromatic heterocycles. The Bertz CT molecular complexity index is 3940. The molecule has 0 aliphatic carbocycles. The quantitative estimate of drug-likeness (QED) is 0.161. The lowest BCUT2D eigenvalue weighted by molar-refractivity contribution is 0.0686. The molecule has 0 spiro atoms. The van der Waals surface area contributed by atoms with Crippen LogP contribution >= 0.6 is 0 Å². The maximum atomic E-state index is 12.2. The molecule has 0 amide bonds. The summed E-state index contributed by atoms with van der Waals surface area (Å²) in [6, 6.07) is 64.8. The Labute approximate surface area is 452 Å². The predicted molar refractivity (Wildman–Crippen MR) is 321 cm³/mol. The Balaban J connectivity index is 1.12. The Morgan fingerprint density at radius 2 is 0.753 bits per heavy atom. The number of carboxylic acid groups (broad SMARTS) is 2. The van der Waals surface area contributed by atoms with Crippen molar-refractivity contribution < 1.29 is 19.8 Å². The highest BCUT2D eigenvalue weighted by Crippen LogP contribution is 2.50. The van der Waals surface area contributed by atoms with Gasteiger partial charge in [0.1, 0.15) is 0 Å². The van der Waals surface area contributed by atoms with Crippen LogP contribution in [0.25, 0.3) is 22.3 Å². The number of para-hydroxylation sites is 1. The molecule has 376 valence electrons. The van der Waals surface area contributed by atoms with E-state index in [1.807, 2.05) is 24.3 Å². The first-order valence-electron chi connectivity index (χ1n) is 26.8. The van der Waals surface area contributed by atoms with Crippen molar-refractivity contribution in [3.05, 3.63) is 210 Å². The van der Waals surface area contributed by atoms with E-state index in [0.29, 0.717) is 0 Å². The molecule has 13 rings (SSSR count). The smallest absolute Gasteiger partial charge is 0.335 e. The molecule has 4 aliphatic heterocycles. The lowest BCUT2D eigenvalue weighted by Gasteiger charge is -2.50. The number of anilines is 9. The average molecular weight is 1000 g/mol. The number of fused-ring (bicyclic) bond motifs is 8. The van der Waals surface area contributed by atoms with Gasteiger partial charge in [-0.05, 0) is 173 Å². The highest BCUT2D eigenvalue weighted by atomic mass is 16.4. The first-order valence-corrected chi connectivity index (χ1v) is 26.8. The van der Waals surface area contributed by atoms with Crippen LogP contribution in [0.3, 0.4) is 0 Å². The first-order chi connectivity index (χ1) is 36.7. The normalized spacial score (nSPS) is 13.9. The van der Waals surface area contributed by atoms with Gasteiger partial charge >= 0.3 is 11.9 Å². The SMILES string of the molecule is CC(C)(C)c1ccc(N2c3cc(-c4ccc(C(=O)O)cc4)ccc3B3c4cc(C(C)(C)C)cc5c4N(c4cccc2c43)c2cc(-c3ccc(C(=O)O)cc3)cc3c2B5c2ccccc2N3c2ccc(C(C)(C)C)cc2)cc1. The molecule has 9 heteroatoms. The number of aromatic carboxylic acids is 2. The van der Waals surface area contributed by atoms with Crippen molar-refractivity contribution in [1.82, 2.24) is 0 Å². The van der Waals surface area contributed by atoms with Crippen molar-refractivity contribution in [1.29, 1.82) is 0 Å². The van der Waals surface area contributed by atoms with Crippen molar-refractivity contribution in [2.24, 2.45) is 0 Å². The van der Waals surface area contributed by atoms with Crippen molar-refractivity contribution >= 4 is 109 Å². The molecule has 2 N–H and O–H groups in total. The molecule has 0 saturated heterocycles. The number of carbonyl (C=O) groups is 2. The highest BCUT2D eigenvalue weighted by molar-refractivity contribution is 7.04. The molecule has 9 aromatic rings. The second kappa shape index (κ2) is 17.0. The van der Waals surface area contributed by atoms with Gasteiger partial charge in [0.2, 0.25) is 0 Å². The minimum Gasteiger partial charge on any atom is -0.478 e. The van der Waals surface area contributed by atoms with Gasteiger partial charge in [0.05, 0.1) is 11.1 Å². The number of hydrogen-bond acceptors (Lipinski definition) is 5. The summed E-state index contributed by atoms with van der Waals surface area (Å²) in [6.07, 6.45) is 0. The van der Waals surface area contributed by atoms with E-state index < -0.39 is 11.9 Å². The van der Waals surface area contributed by atoms with Gasteiger partial charge in [-0.15, -0.1) is 0 Å². The molecule has 9 aromatic carbocycles. The van der Waals surface area contributed by atoms with Gasteiger partial charge < -0.3 is 24.9 Å². The van der Waals surface area contributed by atoms with Crippen LogP contribution < -0.4 is 47.5 Å². The number of nitrogens with zero attached hydrogens (tertiary/aromatic N) is 3. The van der Waals surface area contributed by atoms with Gasteiger partial charge in [0.25, 0.3) is 13.4 Å². The van der Waals surface area contributed by atoms with E-state index in [9.17, 15) is 19.8 Å². The van der Waals surface area contributed by atoms with E-state index >= 15 is 0 Å². The molecule has 4 heterocycles. The molecule has 0 unspecified atom stereocenters. The van der Waals surface area contributed by atoms with Gasteiger partial charge in [-0.3, -0.25) is 0 Å². The highest BCUT2D eigenvalue weighted by Gasteiger charge is 2.51. The van der Waals surface area contributed by atoms with Gasteiger partial charge in [-0.1, -0.05) is 159 Å². The molecule has 0 atom stereocenters. The minimum atomic E-state index is -0.955. The Morgan fingerprint density at radius 1 is 0.351 bits per heavy atom. The van der Waals surface area contributed by atoms with Gasteiger partial charge in [-0.2, -0.15) is 0 Å². The fraction of sp³-hybridized carbons (Fsp3) is 0.176. The number of hydrogen-bond donors (Lipinski definition) is 2. The second-order valence-electron chi connectivity index (χ2n) is 24.5. The van der Waals surface area contributed by atoms with E-state index in [2.05, 4.69) is 210 Å². The fourth-order valence-electron chi connectivity index (χ4n) is 12.6. The summed E-state index contributed by atoms with van der Waals surface area (Å²) >= 11 is 0. The van der Waals surface area contributed by atoms with Crippen molar-refractivity contribution in [2.75, 3.05) is 14.7 Å². The van der Waals surface area contributed by atoms with Crippen molar-refractivity contribution in [3.63, 3.8) is 0 Å². The van der Waals surface area contributed by atoms with Crippen molar-refractivity contribution in [3.8, 4) is 22.3 Å². The van der Waals surface area contributed by atoms with Crippen LogP contribution in [0.2, 0.25) is 0 Å². The topological polar surface area (TPSA) is 84.3 Å². The second-order valence-corrected chi connectivity index (χ2v) is 24.5. The average Bonchev–Trinajstić information content (AvgIpc) is 3.57. The summed E-state index contributed by atoms with van der Waals surface area (Å²) in [6.45, 7) is 20.2. The van der Waals surface area contributed by atoms with Gasteiger partial charge in [0, 0.05) is 51.2 Å². The molecule has 0 radical (unpaired) electrons. The molecule has 7 nitrogen and oxygen atoms in total. The summed E-state index contributed by atoms with van der Waals surface area (Å²) in [5.74, 6) is -1.90. The van der Waals surface area contributed by atoms with E-state index in [1.165, 1.54) is 55.2 Å². The maximum absolute atomic E-state index is 12.2. The number of carboxylic acids is 2. The third-order valence-corrected chi connectivity index (χ3v) is 16.6. The number of rotatable bonds is 6. The maximum Gasteiger partial charge on any atom is 0.335 e. The Hall–Kier alpha value is -8.55. The summed E-state index contributed by atoms with van der Waals surface area (Å²) in [7, 11) is 0. The molecular formula is C68H59B2N3O4. The largest absolute Gasteiger partial charge is 0.478 e. The standard InChI is InChI=1S/C68H59B2N3O4/c1-66(2,3)46-26-30-49(31-27-46)71-55-14-11-10-13-51(55)69-53-38-48(68(7,8)9)39-54-63(53)73(60-37-45(36-59(71)62(60)69)41-19-23-43(24-20-41)65(76)77)57-16-12-15-56-61(57)70(54)52-34-25-44(40-17-21-42(22-18-40)64(74)75)35-58(52)72(56)50-32-28-47(29-33-50)67(4,5)6/h10-39H,1-9H3,(H,74,75)(H,76,77). The Kier molecular flexibility index (Phi) is 10.6. The lowest BCUT2D eigenvalue weighted by atomic mass is 9.29. The fourth-order valence-corrected chi connectivity index (χ4v) is 12.6. The zero-order chi connectivity index (χ0) is 53.6. The summed E-state index contributed by atoms with van der Waals surface area (Å²) in [5.41, 5.74) is 25.1. The van der Waals surface area contributed by atoms with Crippen LogP contribution in [0.15, 0.2) is 182 Å². The molecule has 77 heavy (non-hydrogen) atoms. The molecule has 0 saturated carbocycles. The van der Waals surface area contributed by atoms with Crippen molar-refractivity contribution in [2.45, 2.75) is 78.6 Å². The van der Waals surface area contributed by atoms with Crippen LogP contribution in [0.5, 0.6) is 0 Å². The molecular weight excluding hydrogens is 944 g/mol. The third kappa shape index (κ3) is 7.56. The van der Waals surface area contributed by atoms with E-state index in [0.717, 1.165) is 67.8 Å². The van der Waals surface area contributed by atoms with Crippen LogP contribution in [-0.2, 0) is 16.2 Å². The number of benzene rings is 9. The lowest BCUT2D eigenvalue weighted by Crippen LogP contribution is -2.68. The van der Waals surface area contributed by atoms with Crippen LogP contribution in [0.4, 0.5) is 51.2 Å². The van der Waals surface area contributed by atoms with E-state index in [-0.39, 0.29) is 40.8 Å².